The van der Waals surface area contributed by atoms with E-state index < -0.39 is 0 Å². The van der Waals surface area contributed by atoms with E-state index >= 15 is 0 Å². The number of fused-ring (bicyclic) bond motifs is 3. The highest BCUT2D eigenvalue weighted by molar-refractivity contribution is 6.09. The Balaban J connectivity index is 1.07. The van der Waals surface area contributed by atoms with Crippen LogP contribution < -0.4 is 0 Å². The molecule has 0 atom stereocenters. The van der Waals surface area contributed by atoms with Crippen molar-refractivity contribution in [1.82, 2.24) is 19.9 Å². The summed E-state index contributed by atoms with van der Waals surface area (Å²) in [5.74, 6) is 0.689. The number of rotatable bonds is 7. The standard InChI is InChI=1S/C53H36N4/c1-35-23-24-40-29-30-46-47(33-48(38-15-7-3-8-16-38)55-52(46)51(40)54-35)44-21-11-19-42(31-44)43-20-12-22-45(32-43)50-34-49(39-17-9-4-10-18-39)56-53(57-50)41-27-25-37(26-28-41)36-13-5-2-6-14-36/h2-34H,1H3. The van der Waals surface area contributed by atoms with E-state index in [1.165, 1.54) is 5.56 Å². The first-order valence-corrected chi connectivity index (χ1v) is 19.2. The van der Waals surface area contributed by atoms with Crippen molar-refractivity contribution in [1.29, 1.82) is 0 Å². The van der Waals surface area contributed by atoms with Crippen LogP contribution in [-0.2, 0) is 0 Å². The molecule has 0 aliphatic rings. The Labute approximate surface area is 331 Å². The lowest BCUT2D eigenvalue weighted by molar-refractivity contribution is 1.18. The van der Waals surface area contributed by atoms with Crippen molar-refractivity contribution in [2.75, 3.05) is 0 Å². The SMILES string of the molecule is Cc1ccc2ccc3c(-c4cccc(-c5cccc(-c6cc(-c7ccccc7)nc(-c7ccc(-c8ccccc8)cc7)n6)c5)c4)cc(-c4ccccc4)nc3c2n1. The summed E-state index contributed by atoms with van der Waals surface area (Å²) in [5, 5.41) is 2.15. The zero-order valence-electron chi connectivity index (χ0n) is 31.3. The van der Waals surface area contributed by atoms with Crippen molar-refractivity contribution in [2.45, 2.75) is 6.92 Å². The van der Waals surface area contributed by atoms with Crippen LogP contribution in [-0.4, -0.2) is 19.9 Å². The van der Waals surface area contributed by atoms with Crippen LogP contribution in [0.2, 0.25) is 0 Å². The average molecular weight is 729 g/mol. The molecule has 0 aliphatic heterocycles. The van der Waals surface area contributed by atoms with Crippen LogP contribution in [0.3, 0.4) is 0 Å². The fourth-order valence-corrected chi connectivity index (χ4v) is 7.61. The first kappa shape index (κ1) is 34.0. The topological polar surface area (TPSA) is 51.6 Å². The van der Waals surface area contributed by atoms with Gasteiger partial charge in [-0.3, -0.25) is 4.98 Å². The first-order chi connectivity index (χ1) is 28.1. The summed E-state index contributed by atoms with van der Waals surface area (Å²) in [6.45, 7) is 2.03. The third-order valence-electron chi connectivity index (χ3n) is 10.6. The maximum absolute atomic E-state index is 5.23. The number of aryl methyl sites for hydroxylation is 1. The average Bonchev–Trinajstić information content (AvgIpc) is 3.29. The Morgan fingerprint density at radius 2 is 0.789 bits per heavy atom. The van der Waals surface area contributed by atoms with Gasteiger partial charge in [0.05, 0.1) is 28.1 Å². The maximum Gasteiger partial charge on any atom is 0.160 e. The Kier molecular flexibility index (Phi) is 8.69. The summed E-state index contributed by atoms with van der Waals surface area (Å²) in [4.78, 5) is 20.5. The zero-order valence-corrected chi connectivity index (χ0v) is 31.3. The monoisotopic (exact) mass is 728 g/mol. The molecule has 0 radical (unpaired) electrons. The van der Waals surface area contributed by atoms with E-state index in [0.717, 1.165) is 94.7 Å². The molecule has 4 heteroatoms. The van der Waals surface area contributed by atoms with Gasteiger partial charge in [0.15, 0.2) is 5.82 Å². The molecule has 7 aromatic carbocycles. The van der Waals surface area contributed by atoms with Crippen molar-refractivity contribution < 1.29 is 0 Å². The van der Waals surface area contributed by atoms with Gasteiger partial charge in [-0.2, -0.15) is 0 Å². The van der Waals surface area contributed by atoms with Gasteiger partial charge in [0.1, 0.15) is 0 Å². The molecule has 0 spiro atoms. The van der Waals surface area contributed by atoms with Crippen LogP contribution in [0.25, 0.3) is 100 Å². The lowest BCUT2D eigenvalue weighted by Gasteiger charge is -2.14. The molecule has 268 valence electrons. The summed E-state index contributed by atoms with van der Waals surface area (Å²) in [5.41, 5.74) is 16.4. The molecular weight excluding hydrogens is 693 g/mol. The molecule has 0 saturated heterocycles. The summed E-state index contributed by atoms with van der Waals surface area (Å²) < 4.78 is 0. The van der Waals surface area contributed by atoms with E-state index in [1.54, 1.807) is 0 Å². The van der Waals surface area contributed by atoms with Crippen molar-refractivity contribution in [3.8, 4) is 78.5 Å². The van der Waals surface area contributed by atoms with E-state index in [4.69, 9.17) is 19.9 Å². The molecule has 0 N–H and O–H groups in total. The second kappa shape index (κ2) is 14.6. The highest BCUT2D eigenvalue weighted by Crippen LogP contribution is 2.38. The van der Waals surface area contributed by atoms with Gasteiger partial charge in [0.25, 0.3) is 0 Å². The molecule has 57 heavy (non-hydrogen) atoms. The Morgan fingerprint density at radius 1 is 0.298 bits per heavy atom. The van der Waals surface area contributed by atoms with Crippen LogP contribution in [0.15, 0.2) is 200 Å². The second-order valence-electron chi connectivity index (χ2n) is 14.3. The van der Waals surface area contributed by atoms with Gasteiger partial charge >= 0.3 is 0 Å². The van der Waals surface area contributed by atoms with Gasteiger partial charge in [-0.05, 0) is 70.6 Å². The van der Waals surface area contributed by atoms with E-state index in [-0.39, 0.29) is 0 Å². The van der Waals surface area contributed by atoms with Gasteiger partial charge < -0.3 is 0 Å². The highest BCUT2D eigenvalue weighted by Gasteiger charge is 2.16. The molecule has 10 aromatic rings. The number of hydrogen-bond donors (Lipinski definition) is 0. The second-order valence-corrected chi connectivity index (χ2v) is 14.3. The van der Waals surface area contributed by atoms with Crippen LogP contribution in [0.5, 0.6) is 0 Å². The van der Waals surface area contributed by atoms with Gasteiger partial charge in [-0.25, -0.2) is 15.0 Å². The quantitative estimate of drug-likeness (QED) is 0.153. The minimum Gasteiger partial charge on any atom is -0.251 e. The molecule has 0 fully saturated rings. The largest absolute Gasteiger partial charge is 0.251 e. The van der Waals surface area contributed by atoms with Crippen LogP contribution >= 0.6 is 0 Å². The molecule has 4 nitrogen and oxygen atoms in total. The minimum absolute atomic E-state index is 0.689. The molecule has 3 heterocycles. The lowest BCUT2D eigenvalue weighted by Crippen LogP contribution is -1.96. The van der Waals surface area contributed by atoms with Gasteiger partial charge in [0, 0.05) is 38.7 Å². The Hall–Kier alpha value is -7.56. The number of aromatic nitrogens is 4. The Bertz CT molecular complexity index is 3050. The normalized spacial score (nSPS) is 11.2. The summed E-state index contributed by atoms with van der Waals surface area (Å²) in [6.07, 6.45) is 0. The maximum atomic E-state index is 5.23. The zero-order chi connectivity index (χ0) is 38.1. The third kappa shape index (κ3) is 6.75. The van der Waals surface area contributed by atoms with E-state index in [9.17, 15) is 0 Å². The van der Waals surface area contributed by atoms with Crippen molar-refractivity contribution in [3.63, 3.8) is 0 Å². The number of pyridine rings is 2. The van der Waals surface area contributed by atoms with Gasteiger partial charge in [-0.15, -0.1) is 0 Å². The number of hydrogen-bond acceptors (Lipinski definition) is 4. The van der Waals surface area contributed by atoms with Crippen molar-refractivity contribution in [2.24, 2.45) is 0 Å². The molecule has 3 aromatic heterocycles. The van der Waals surface area contributed by atoms with Gasteiger partial charge in [0.2, 0.25) is 0 Å². The molecule has 0 bridgehead atoms. The van der Waals surface area contributed by atoms with Crippen LogP contribution in [0.1, 0.15) is 5.69 Å². The predicted octanol–water partition coefficient (Wildman–Crippen LogP) is 13.6. The minimum atomic E-state index is 0.689. The number of nitrogens with zero attached hydrogens (tertiary/aromatic N) is 4. The van der Waals surface area contributed by atoms with Gasteiger partial charge in [-0.1, -0.05) is 170 Å². The summed E-state index contributed by atoms with van der Waals surface area (Å²) in [6, 6.07) is 70.0. The summed E-state index contributed by atoms with van der Waals surface area (Å²) >= 11 is 0. The number of benzene rings is 7. The van der Waals surface area contributed by atoms with E-state index in [1.807, 2.05) is 37.3 Å². The van der Waals surface area contributed by atoms with Crippen LogP contribution in [0, 0.1) is 6.92 Å². The summed E-state index contributed by atoms with van der Waals surface area (Å²) in [7, 11) is 0. The third-order valence-corrected chi connectivity index (χ3v) is 10.6. The van der Waals surface area contributed by atoms with E-state index in [0.29, 0.717) is 5.82 Å². The molecule has 10 rings (SSSR count). The molecule has 0 aliphatic carbocycles. The van der Waals surface area contributed by atoms with Crippen molar-refractivity contribution in [3.05, 3.63) is 206 Å². The fraction of sp³-hybridized carbons (Fsp3) is 0.0189. The van der Waals surface area contributed by atoms with Crippen molar-refractivity contribution >= 4 is 21.8 Å². The van der Waals surface area contributed by atoms with E-state index in [2.05, 4.69) is 170 Å². The Morgan fingerprint density at radius 3 is 1.46 bits per heavy atom. The highest BCUT2D eigenvalue weighted by atomic mass is 14.9. The smallest absolute Gasteiger partial charge is 0.160 e. The first-order valence-electron chi connectivity index (χ1n) is 19.2. The van der Waals surface area contributed by atoms with Crippen LogP contribution in [0.4, 0.5) is 0 Å². The fourth-order valence-electron chi connectivity index (χ4n) is 7.61. The lowest BCUT2D eigenvalue weighted by atomic mass is 9.94. The molecule has 0 saturated carbocycles. The predicted molar refractivity (Wildman–Crippen MR) is 235 cm³/mol. The molecule has 0 unspecified atom stereocenters. The molecular formula is C53H36N4. The molecule has 0 amide bonds.